The summed E-state index contributed by atoms with van der Waals surface area (Å²) in [4.78, 5) is 18.6. The van der Waals surface area contributed by atoms with Crippen LogP contribution in [0.15, 0.2) is 29.4 Å². The fraction of sp³-hybridized carbons (Fsp3) is 0.467. The van der Waals surface area contributed by atoms with Crippen molar-refractivity contribution >= 4 is 11.7 Å². The number of piperidine rings is 3. The smallest absolute Gasteiger partial charge is 0.335 e. The number of oxime groups is 1. The summed E-state index contributed by atoms with van der Waals surface area (Å²) in [5.74, 6) is -0.320. The van der Waals surface area contributed by atoms with Crippen LogP contribution in [0.25, 0.3) is 0 Å². The molecule has 0 unspecified atom stereocenters. The molecule has 3 heterocycles. The molecule has 5 nitrogen and oxygen atoms in total. The Kier molecular flexibility index (Phi) is 3.69. The second-order valence-corrected chi connectivity index (χ2v) is 5.41. The molecule has 1 aromatic rings. The van der Waals surface area contributed by atoms with Crippen LogP contribution in [0.2, 0.25) is 0 Å². The molecule has 3 aliphatic heterocycles. The molecule has 3 fully saturated rings. The second-order valence-electron chi connectivity index (χ2n) is 5.41. The molecule has 106 valence electrons. The second kappa shape index (κ2) is 5.63. The highest BCUT2D eigenvalue weighted by atomic mass is 16.6. The normalized spacial score (nSPS) is 26.7. The summed E-state index contributed by atoms with van der Waals surface area (Å²) in [7, 11) is 0. The lowest BCUT2D eigenvalue weighted by Gasteiger charge is -2.39. The molecule has 0 aliphatic carbocycles. The number of aromatic carboxylic acids is 1. The van der Waals surface area contributed by atoms with E-state index in [4.69, 9.17) is 9.94 Å². The van der Waals surface area contributed by atoms with Gasteiger partial charge in [-0.1, -0.05) is 17.3 Å². The summed E-state index contributed by atoms with van der Waals surface area (Å²) in [6.45, 7) is 3.68. The van der Waals surface area contributed by atoms with Crippen molar-refractivity contribution in [3.8, 4) is 0 Å². The van der Waals surface area contributed by atoms with Crippen molar-refractivity contribution in [2.45, 2.75) is 19.4 Å². The average Bonchev–Trinajstić information content (AvgIpc) is 2.49. The minimum atomic E-state index is -0.912. The predicted molar refractivity (Wildman–Crippen MR) is 74.8 cm³/mol. The van der Waals surface area contributed by atoms with Crippen LogP contribution in [0.4, 0.5) is 0 Å². The van der Waals surface area contributed by atoms with Crippen molar-refractivity contribution in [1.29, 1.82) is 0 Å². The molecule has 4 rings (SSSR count). The summed E-state index contributed by atoms with van der Waals surface area (Å²) in [6.07, 6.45) is 2.38. The van der Waals surface area contributed by atoms with Crippen molar-refractivity contribution in [2.24, 2.45) is 11.1 Å². The highest BCUT2D eigenvalue weighted by molar-refractivity contribution is 5.89. The first kappa shape index (κ1) is 13.1. The quantitative estimate of drug-likeness (QED) is 0.853. The van der Waals surface area contributed by atoms with Gasteiger partial charge in [0.2, 0.25) is 0 Å². The third-order valence-electron chi connectivity index (χ3n) is 4.06. The van der Waals surface area contributed by atoms with Gasteiger partial charge in [-0.2, -0.15) is 0 Å². The highest BCUT2D eigenvalue weighted by Crippen LogP contribution is 2.25. The van der Waals surface area contributed by atoms with Gasteiger partial charge >= 0.3 is 5.97 Å². The summed E-state index contributed by atoms with van der Waals surface area (Å²) in [5.41, 5.74) is 2.38. The van der Waals surface area contributed by atoms with Gasteiger partial charge in [0.1, 0.15) is 6.61 Å². The topological polar surface area (TPSA) is 62.1 Å². The van der Waals surface area contributed by atoms with E-state index in [1.165, 1.54) is 25.9 Å². The van der Waals surface area contributed by atoms with Gasteiger partial charge < -0.3 is 9.94 Å². The van der Waals surface area contributed by atoms with Crippen molar-refractivity contribution in [1.82, 2.24) is 4.90 Å². The zero-order chi connectivity index (χ0) is 13.9. The molecule has 0 spiro atoms. The third-order valence-corrected chi connectivity index (χ3v) is 4.06. The Balaban J connectivity index is 1.56. The van der Waals surface area contributed by atoms with E-state index in [9.17, 15) is 4.79 Å². The Morgan fingerprint density at radius 2 is 2.00 bits per heavy atom. The number of nitrogens with zero attached hydrogens (tertiary/aromatic N) is 2. The molecule has 20 heavy (non-hydrogen) atoms. The molecule has 0 aromatic heterocycles. The Morgan fingerprint density at radius 1 is 1.30 bits per heavy atom. The van der Waals surface area contributed by atoms with Gasteiger partial charge in [0.05, 0.1) is 11.3 Å². The van der Waals surface area contributed by atoms with Crippen LogP contribution < -0.4 is 0 Å². The van der Waals surface area contributed by atoms with E-state index in [0.29, 0.717) is 12.5 Å². The first-order chi connectivity index (χ1) is 9.72. The third kappa shape index (κ3) is 2.82. The number of carboxylic acids is 1. The van der Waals surface area contributed by atoms with Crippen molar-refractivity contribution in [2.75, 3.05) is 19.6 Å². The summed E-state index contributed by atoms with van der Waals surface area (Å²) in [5, 5.41) is 13.1. The zero-order valence-electron chi connectivity index (χ0n) is 11.3. The molecule has 0 saturated carbocycles. The monoisotopic (exact) mass is 274 g/mol. The van der Waals surface area contributed by atoms with Gasteiger partial charge in [-0.05, 0) is 43.6 Å². The molecule has 0 amide bonds. The number of fused-ring (bicyclic) bond motifs is 3. The Morgan fingerprint density at radius 3 is 2.55 bits per heavy atom. The van der Waals surface area contributed by atoms with Gasteiger partial charge in [-0.15, -0.1) is 0 Å². The van der Waals surface area contributed by atoms with Crippen LogP contribution >= 0.6 is 0 Å². The number of hydrogen-bond donors (Lipinski definition) is 1. The SMILES string of the molecule is O=C(O)c1ccc(CO/N=C2\CN3CCC2CC3)cc1. The minimum absolute atomic E-state index is 0.289. The van der Waals surface area contributed by atoms with Crippen LogP contribution in [0.1, 0.15) is 28.8 Å². The summed E-state index contributed by atoms with van der Waals surface area (Å²) in [6, 6.07) is 6.70. The van der Waals surface area contributed by atoms with E-state index in [0.717, 1.165) is 17.8 Å². The first-order valence-electron chi connectivity index (χ1n) is 6.95. The number of hydrogen-bond acceptors (Lipinski definition) is 4. The van der Waals surface area contributed by atoms with Gasteiger partial charge in [-0.3, -0.25) is 4.90 Å². The number of carboxylic acid groups (broad SMARTS) is 1. The molecule has 5 heteroatoms. The largest absolute Gasteiger partial charge is 0.478 e. The van der Waals surface area contributed by atoms with Crippen LogP contribution in [0, 0.1) is 5.92 Å². The van der Waals surface area contributed by atoms with Crippen LogP contribution in [-0.2, 0) is 11.4 Å². The summed E-state index contributed by atoms with van der Waals surface area (Å²) >= 11 is 0. The lowest BCUT2D eigenvalue weighted by molar-refractivity contribution is 0.0696. The van der Waals surface area contributed by atoms with Crippen LogP contribution in [0.5, 0.6) is 0 Å². The number of benzene rings is 1. The van der Waals surface area contributed by atoms with Crippen molar-refractivity contribution in [3.63, 3.8) is 0 Å². The summed E-state index contributed by atoms with van der Waals surface area (Å²) < 4.78 is 0. The maximum Gasteiger partial charge on any atom is 0.335 e. The Hall–Kier alpha value is -1.88. The van der Waals surface area contributed by atoms with Crippen LogP contribution in [-0.4, -0.2) is 41.3 Å². The van der Waals surface area contributed by atoms with Crippen molar-refractivity contribution < 1.29 is 14.7 Å². The molecule has 0 atom stereocenters. The van der Waals surface area contributed by atoms with Gasteiger partial charge in [0.15, 0.2) is 0 Å². The zero-order valence-corrected chi connectivity index (χ0v) is 11.3. The van der Waals surface area contributed by atoms with E-state index >= 15 is 0 Å². The molecular formula is C15H18N2O3. The van der Waals surface area contributed by atoms with Crippen LogP contribution in [0.3, 0.4) is 0 Å². The molecule has 2 bridgehead atoms. The molecule has 1 N–H and O–H groups in total. The van der Waals surface area contributed by atoms with Gasteiger partial charge in [-0.25, -0.2) is 4.79 Å². The number of rotatable bonds is 4. The average molecular weight is 274 g/mol. The van der Waals surface area contributed by atoms with E-state index in [1.54, 1.807) is 24.3 Å². The Labute approximate surface area is 117 Å². The van der Waals surface area contributed by atoms with E-state index in [1.807, 2.05) is 0 Å². The molecule has 0 radical (unpaired) electrons. The number of carbonyl (C=O) groups is 1. The molecule has 3 aliphatic rings. The highest BCUT2D eigenvalue weighted by Gasteiger charge is 2.31. The van der Waals surface area contributed by atoms with E-state index in [-0.39, 0.29) is 5.56 Å². The lowest BCUT2D eigenvalue weighted by atomic mass is 9.87. The lowest BCUT2D eigenvalue weighted by Crippen LogP contribution is -2.47. The maximum atomic E-state index is 10.7. The first-order valence-corrected chi connectivity index (χ1v) is 6.95. The predicted octanol–water partition coefficient (Wildman–Crippen LogP) is 1.98. The standard InChI is InChI=1S/C15H18N2O3/c18-15(19)13-3-1-11(2-4-13)10-20-16-14-9-17-7-5-12(14)6-8-17/h1-4,12H,5-10H2,(H,18,19)/b16-14+. The molecule has 1 aromatic carbocycles. The molecule has 3 saturated heterocycles. The van der Waals surface area contributed by atoms with Gasteiger partial charge in [0, 0.05) is 12.5 Å². The van der Waals surface area contributed by atoms with E-state index in [2.05, 4.69) is 10.1 Å². The Bertz CT molecular complexity index is 516. The molecular weight excluding hydrogens is 256 g/mol. The fourth-order valence-electron chi connectivity index (χ4n) is 2.82. The fourth-order valence-corrected chi connectivity index (χ4v) is 2.82. The van der Waals surface area contributed by atoms with E-state index < -0.39 is 5.97 Å². The van der Waals surface area contributed by atoms with Gasteiger partial charge in [0.25, 0.3) is 0 Å². The minimum Gasteiger partial charge on any atom is -0.478 e. The van der Waals surface area contributed by atoms with Crippen molar-refractivity contribution in [3.05, 3.63) is 35.4 Å². The maximum absolute atomic E-state index is 10.7.